The van der Waals surface area contributed by atoms with Crippen molar-refractivity contribution < 1.29 is 9.47 Å². The summed E-state index contributed by atoms with van der Waals surface area (Å²) < 4.78 is 11.1. The van der Waals surface area contributed by atoms with E-state index in [1.165, 1.54) is 18.4 Å². The SMILES string of the molecule is CC[C@H](/C=N/N1CCC[C@H]1COC)COCc1ccccc1. The predicted octanol–water partition coefficient (Wildman–Crippen LogP) is 3.33. The monoisotopic (exact) mass is 304 g/mol. The van der Waals surface area contributed by atoms with E-state index >= 15 is 0 Å². The van der Waals surface area contributed by atoms with Gasteiger partial charge in [-0.15, -0.1) is 0 Å². The molecule has 2 rings (SSSR count). The molecular formula is C18H28N2O2. The molecule has 122 valence electrons. The summed E-state index contributed by atoms with van der Waals surface area (Å²) in [7, 11) is 1.76. The summed E-state index contributed by atoms with van der Waals surface area (Å²) in [6, 6.07) is 10.7. The van der Waals surface area contributed by atoms with Gasteiger partial charge < -0.3 is 9.47 Å². The van der Waals surface area contributed by atoms with E-state index in [-0.39, 0.29) is 0 Å². The van der Waals surface area contributed by atoms with E-state index in [1.54, 1.807) is 7.11 Å². The van der Waals surface area contributed by atoms with E-state index in [1.807, 2.05) is 18.2 Å². The first-order chi connectivity index (χ1) is 10.8. The van der Waals surface area contributed by atoms with Crippen molar-refractivity contribution in [2.45, 2.75) is 38.8 Å². The number of rotatable bonds is 9. The number of hydrazone groups is 1. The van der Waals surface area contributed by atoms with E-state index < -0.39 is 0 Å². The Morgan fingerprint density at radius 2 is 2.18 bits per heavy atom. The fourth-order valence-electron chi connectivity index (χ4n) is 2.68. The highest BCUT2D eigenvalue weighted by molar-refractivity contribution is 5.60. The minimum Gasteiger partial charge on any atom is -0.382 e. The topological polar surface area (TPSA) is 34.1 Å². The van der Waals surface area contributed by atoms with Gasteiger partial charge >= 0.3 is 0 Å². The maximum atomic E-state index is 5.83. The Hall–Kier alpha value is -1.39. The standard InChI is InChI=1S/C18H28N2O2/c1-3-16(13-22-14-17-8-5-4-6-9-17)12-19-20-11-7-10-18(20)15-21-2/h4-6,8-9,12,16,18H,3,7,10-11,13-15H2,1-2H3/b19-12+/t16-,18+/m1/s1. The van der Waals surface area contributed by atoms with Crippen molar-refractivity contribution in [3.05, 3.63) is 35.9 Å². The fourth-order valence-corrected chi connectivity index (χ4v) is 2.68. The van der Waals surface area contributed by atoms with Crippen LogP contribution in [-0.4, -0.2) is 44.1 Å². The van der Waals surface area contributed by atoms with Crippen LogP contribution in [0.5, 0.6) is 0 Å². The molecule has 4 nitrogen and oxygen atoms in total. The van der Waals surface area contributed by atoms with E-state index in [9.17, 15) is 0 Å². The maximum absolute atomic E-state index is 5.83. The molecule has 4 heteroatoms. The van der Waals surface area contributed by atoms with Crippen LogP contribution in [0.4, 0.5) is 0 Å². The molecule has 0 saturated carbocycles. The largest absolute Gasteiger partial charge is 0.382 e. The Morgan fingerprint density at radius 1 is 1.36 bits per heavy atom. The number of ether oxygens (including phenoxy) is 2. The molecule has 0 aromatic heterocycles. The first-order valence-corrected chi connectivity index (χ1v) is 8.24. The summed E-state index contributed by atoms with van der Waals surface area (Å²) in [6.07, 6.45) is 5.47. The second-order valence-corrected chi connectivity index (χ2v) is 5.85. The Morgan fingerprint density at radius 3 is 2.91 bits per heavy atom. The van der Waals surface area contributed by atoms with Gasteiger partial charge in [-0.05, 0) is 24.8 Å². The highest BCUT2D eigenvalue weighted by atomic mass is 16.5. The molecule has 1 aliphatic rings. The molecule has 1 aromatic rings. The minimum absolute atomic E-state index is 0.368. The third-order valence-electron chi connectivity index (χ3n) is 4.10. The van der Waals surface area contributed by atoms with Crippen LogP contribution in [0.15, 0.2) is 35.4 Å². The van der Waals surface area contributed by atoms with Crippen LogP contribution in [-0.2, 0) is 16.1 Å². The van der Waals surface area contributed by atoms with E-state index in [2.05, 4.69) is 35.4 Å². The van der Waals surface area contributed by atoms with E-state index in [4.69, 9.17) is 9.47 Å². The molecule has 1 fully saturated rings. The molecule has 22 heavy (non-hydrogen) atoms. The summed E-state index contributed by atoms with van der Waals surface area (Å²) in [5.41, 5.74) is 1.22. The minimum atomic E-state index is 0.368. The fraction of sp³-hybridized carbons (Fsp3) is 0.611. The number of benzene rings is 1. The van der Waals surface area contributed by atoms with Gasteiger partial charge in [-0.2, -0.15) is 5.10 Å². The number of nitrogens with zero attached hydrogens (tertiary/aromatic N) is 2. The van der Waals surface area contributed by atoms with Crippen LogP contribution < -0.4 is 0 Å². The number of methoxy groups -OCH3 is 1. The van der Waals surface area contributed by atoms with E-state index in [0.717, 1.165) is 26.2 Å². The van der Waals surface area contributed by atoms with Crippen molar-refractivity contribution in [1.82, 2.24) is 5.01 Å². The highest BCUT2D eigenvalue weighted by Crippen LogP contribution is 2.17. The van der Waals surface area contributed by atoms with Gasteiger partial charge in [0.1, 0.15) is 0 Å². The van der Waals surface area contributed by atoms with Crippen LogP contribution in [0.25, 0.3) is 0 Å². The molecule has 1 aromatic carbocycles. The average Bonchev–Trinajstić information content (AvgIpc) is 2.99. The first kappa shape index (κ1) is 17.0. The second-order valence-electron chi connectivity index (χ2n) is 5.85. The molecule has 0 bridgehead atoms. The second kappa shape index (κ2) is 9.59. The van der Waals surface area contributed by atoms with Crippen LogP contribution in [0.3, 0.4) is 0 Å². The molecule has 0 amide bonds. The quantitative estimate of drug-likeness (QED) is 0.656. The van der Waals surface area contributed by atoms with Gasteiger partial charge in [0, 0.05) is 25.8 Å². The molecule has 0 N–H and O–H groups in total. The van der Waals surface area contributed by atoms with Gasteiger partial charge in [0.25, 0.3) is 0 Å². The summed E-state index contributed by atoms with van der Waals surface area (Å²) in [4.78, 5) is 0. The molecule has 0 spiro atoms. The summed E-state index contributed by atoms with van der Waals surface area (Å²) in [5.74, 6) is 0.368. The predicted molar refractivity (Wildman–Crippen MR) is 90.0 cm³/mol. The van der Waals surface area contributed by atoms with Crippen molar-refractivity contribution in [3.8, 4) is 0 Å². The number of hydrogen-bond donors (Lipinski definition) is 0. The van der Waals surface area contributed by atoms with Gasteiger partial charge in [0.2, 0.25) is 0 Å². The molecule has 1 saturated heterocycles. The lowest BCUT2D eigenvalue weighted by molar-refractivity contribution is 0.102. The van der Waals surface area contributed by atoms with Crippen LogP contribution in [0, 0.1) is 5.92 Å². The van der Waals surface area contributed by atoms with Crippen molar-refractivity contribution in [1.29, 1.82) is 0 Å². The summed E-state index contributed by atoms with van der Waals surface area (Å²) in [6.45, 7) is 5.36. The first-order valence-electron chi connectivity index (χ1n) is 8.24. The smallest absolute Gasteiger partial charge is 0.0717 e. The molecule has 0 radical (unpaired) electrons. The Balaban J connectivity index is 1.75. The van der Waals surface area contributed by atoms with E-state index in [0.29, 0.717) is 18.6 Å². The summed E-state index contributed by atoms with van der Waals surface area (Å²) in [5, 5.41) is 6.84. The van der Waals surface area contributed by atoms with Crippen molar-refractivity contribution in [3.63, 3.8) is 0 Å². The van der Waals surface area contributed by atoms with Gasteiger partial charge in [-0.1, -0.05) is 37.3 Å². The summed E-state index contributed by atoms with van der Waals surface area (Å²) >= 11 is 0. The molecule has 0 aliphatic carbocycles. The zero-order valence-electron chi connectivity index (χ0n) is 13.8. The third-order valence-corrected chi connectivity index (χ3v) is 4.10. The Labute approximate surface area is 134 Å². The van der Waals surface area contributed by atoms with Crippen LogP contribution in [0.1, 0.15) is 31.7 Å². The normalized spacial score (nSPS) is 19.9. The van der Waals surface area contributed by atoms with Gasteiger partial charge in [0.15, 0.2) is 0 Å². The molecule has 1 heterocycles. The molecular weight excluding hydrogens is 276 g/mol. The third kappa shape index (κ3) is 5.43. The zero-order valence-corrected chi connectivity index (χ0v) is 13.8. The van der Waals surface area contributed by atoms with Gasteiger partial charge in [-0.3, -0.25) is 5.01 Å². The zero-order chi connectivity index (χ0) is 15.6. The molecule has 0 unspecified atom stereocenters. The van der Waals surface area contributed by atoms with Crippen LogP contribution in [0.2, 0.25) is 0 Å². The Kier molecular flexibility index (Phi) is 7.40. The average molecular weight is 304 g/mol. The van der Waals surface area contributed by atoms with Crippen molar-refractivity contribution in [2.75, 3.05) is 26.9 Å². The highest BCUT2D eigenvalue weighted by Gasteiger charge is 2.22. The number of hydrogen-bond acceptors (Lipinski definition) is 4. The lowest BCUT2D eigenvalue weighted by Crippen LogP contribution is -2.29. The van der Waals surface area contributed by atoms with Gasteiger partial charge in [-0.25, -0.2) is 0 Å². The molecule has 2 atom stereocenters. The maximum Gasteiger partial charge on any atom is 0.0717 e. The van der Waals surface area contributed by atoms with Crippen molar-refractivity contribution in [2.24, 2.45) is 11.0 Å². The lowest BCUT2D eigenvalue weighted by atomic mass is 10.1. The van der Waals surface area contributed by atoms with Crippen LogP contribution >= 0.6 is 0 Å². The van der Waals surface area contributed by atoms with Gasteiger partial charge in [0.05, 0.1) is 25.9 Å². The van der Waals surface area contributed by atoms with Crippen molar-refractivity contribution >= 4 is 6.21 Å². The lowest BCUT2D eigenvalue weighted by Gasteiger charge is -2.21. The Bertz CT molecular complexity index is 436. The molecule has 1 aliphatic heterocycles.